The van der Waals surface area contributed by atoms with Crippen molar-refractivity contribution in [1.82, 2.24) is 15.1 Å². The highest BCUT2D eigenvalue weighted by molar-refractivity contribution is 6.31. The molecule has 3 aromatic carbocycles. The highest BCUT2D eigenvalue weighted by Crippen LogP contribution is 2.26. The second-order valence-electron chi connectivity index (χ2n) is 7.95. The summed E-state index contributed by atoms with van der Waals surface area (Å²) >= 11 is 6.26. The number of benzene rings is 3. The van der Waals surface area contributed by atoms with Gasteiger partial charge in [-0.2, -0.15) is 5.10 Å². The Hall–Kier alpha value is -4.43. The molecule has 9 heteroatoms. The van der Waals surface area contributed by atoms with Gasteiger partial charge in [0.05, 0.1) is 24.7 Å². The second-order valence-corrected chi connectivity index (χ2v) is 8.36. The summed E-state index contributed by atoms with van der Waals surface area (Å²) in [5.74, 6) is -1.35. The second kappa shape index (κ2) is 11.3. The molecule has 4 aromatic rings. The number of carbonyl (C=O) groups is 3. The average Bonchev–Trinajstić information content (AvgIpc) is 3.32. The van der Waals surface area contributed by atoms with Crippen LogP contribution in [0.15, 0.2) is 91.0 Å². The van der Waals surface area contributed by atoms with Crippen LogP contribution in [0.25, 0.3) is 5.69 Å². The molecule has 1 aromatic heterocycles. The number of hydrogen-bond donors (Lipinski definition) is 3. The van der Waals surface area contributed by atoms with Crippen LogP contribution in [0.1, 0.15) is 38.9 Å². The van der Waals surface area contributed by atoms with E-state index in [2.05, 4.69) is 15.7 Å². The first-order valence-corrected chi connectivity index (χ1v) is 11.5. The van der Waals surface area contributed by atoms with Crippen LogP contribution in [-0.2, 0) is 4.79 Å². The number of anilines is 1. The van der Waals surface area contributed by atoms with Gasteiger partial charge in [0, 0.05) is 16.7 Å². The Balaban J connectivity index is 1.60. The van der Waals surface area contributed by atoms with Gasteiger partial charge in [-0.25, -0.2) is 4.68 Å². The number of aromatic nitrogens is 2. The topological polar surface area (TPSA) is 113 Å². The number of carboxylic acid groups (broad SMARTS) is 1. The van der Waals surface area contributed by atoms with Crippen LogP contribution < -0.4 is 10.6 Å². The summed E-state index contributed by atoms with van der Waals surface area (Å²) < 4.78 is 1.52. The van der Waals surface area contributed by atoms with Gasteiger partial charge in [0.2, 0.25) is 0 Å². The lowest BCUT2D eigenvalue weighted by atomic mass is 10.0. The molecule has 4 rings (SSSR count). The average molecular weight is 503 g/mol. The lowest BCUT2D eigenvalue weighted by Crippen LogP contribution is -2.30. The molecule has 182 valence electrons. The largest absolute Gasteiger partial charge is 0.481 e. The molecule has 0 aliphatic rings. The van der Waals surface area contributed by atoms with Crippen molar-refractivity contribution >= 4 is 35.1 Å². The number of rotatable bonds is 10. The van der Waals surface area contributed by atoms with Gasteiger partial charge < -0.3 is 15.7 Å². The number of amides is 1. The molecule has 0 saturated carbocycles. The third kappa shape index (κ3) is 5.97. The summed E-state index contributed by atoms with van der Waals surface area (Å²) in [7, 11) is 0. The summed E-state index contributed by atoms with van der Waals surface area (Å²) in [4.78, 5) is 37.2. The maximum Gasteiger partial charge on any atom is 0.305 e. The highest BCUT2D eigenvalue weighted by Gasteiger charge is 2.23. The van der Waals surface area contributed by atoms with E-state index in [-0.39, 0.29) is 24.4 Å². The Morgan fingerprint density at radius 2 is 1.56 bits per heavy atom. The van der Waals surface area contributed by atoms with E-state index in [1.165, 1.54) is 10.7 Å². The predicted octanol–water partition coefficient (Wildman–Crippen LogP) is 4.77. The first kappa shape index (κ1) is 24.7. The number of halogens is 1. The maximum atomic E-state index is 13.2. The number of Topliss-reactive ketones (excluding diaryl/α,β-unsaturated/α-hetero) is 1. The number of aliphatic carboxylic acids is 1. The Morgan fingerprint density at radius 1 is 0.917 bits per heavy atom. The molecule has 3 N–H and O–H groups in total. The van der Waals surface area contributed by atoms with Crippen molar-refractivity contribution in [3.8, 4) is 5.69 Å². The highest BCUT2D eigenvalue weighted by atomic mass is 35.5. The molecule has 0 aliphatic heterocycles. The molecule has 36 heavy (non-hydrogen) atoms. The van der Waals surface area contributed by atoms with E-state index in [0.717, 1.165) is 0 Å². The monoisotopic (exact) mass is 502 g/mol. The quantitative estimate of drug-likeness (QED) is 0.269. The van der Waals surface area contributed by atoms with Crippen molar-refractivity contribution < 1.29 is 19.5 Å². The summed E-state index contributed by atoms with van der Waals surface area (Å²) in [6.07, 6.45) is -0.356. The SMILES string of the molecule is O=C(O)C[C@H](NC(=O)c1cc(NCC(=O)c2ccccc2)n(-c2ccccc2)n1)c1ccccc1Cl. The third-order valence-electron chi connectivity index (χ3n) is 5.43. The Kier molecular flexibility index (Phi) is 7.77. The van der Waals surface area contributed by atoms with E-state index in [1.807, 2.05) is 36.4 Å². The van der Waals surface area contributed by atoms with Gasteiger partial charge in [-0.15, -0.1) is 0 Å². The van der Waals surface area contributed by atoms with Crippen LogP contribution >= 0.6 is 11.6 Å². The zero-order valence-corrected chi connectivity index (χ0v) is 19.9. The minimum atomic E-state index is -1.09. The number of hydrogen-bond acceptors (Lipinski definition) is 5. The van der Waals surface area contributed by atoms with Crippen LogP contribution in [0, 0.1) is 0 Å². The molecule has 0 saturated heterocycles. The first-order chi connectivity index (χ1) is 17.4. The van der Waals surface area contributed by atoms with E-state index < -0.39 is 17.9 Å². The molecule has 8 nitrogen and oxygen atoms in total. The van der Waals surface area contributed by atoms with E-state index in [1.54, 1.807) is 48.5 Å². The normalized spacial score (nSPS) is 11.5. The fourth-order valence-electron chi connectivity index (χ4n) is 3.68. The van der Waals surface area contributed by atoms with Gasteiger partial charge in [0.1, 0.15) is 5.82 Å². The van der Waals surface area contributed by atoms with E-state index in [0.29, 0.717) is 27.7 Å². The fourth-order valence-corrected chi connectivity index (χ4v) is 3.95. The lowest BCUT2D eigenvalue weighted by Gasteiger charge is -2.18. The lowest BCUT2D eigenvalue weighted by molar-refractivity contribution is -0.137. The van der Waals surface area contributed by atoms with Gasteiger partial charge in [-0.1, -0.05) is 78.3 Å². The smallest absolute Gasteiger partial charge is 0.305 e. The minimum Gasteiger partial charge on any atom is -0.481 e. The molecular formula is C27H23ClN4O4. The van der Waals surface area contributed by atoms with E-state index >= 15 is 0 Å². The molecule has 1 atom stereocenters. The van der Waals surface area contributed by atoms with E-state index in [9.17, 15) is 19.5 Å². The van der Waals surface area contributed by atoms with Crippen molar-refractivity contribution in [3.05, 3.63) is 113 Å². The number of carbonyl (C=O) groups excluding carboxylic acids is 2. The van der Waals surface area contributed by atoms with Crippen LogP contribution in [0.5, 0.6) is 0 Å². The van der Waals surface area contributed by atoms with Crippen LogP contribution in [0.3, 0.4) is 0 Å². The first-order valence-electron chi connectivity index (χ1n) is 11.2. The van der Waals surface area contributed by atoms with Gasteiger partial charge in [0.15, 0.2) is 11.5 Å². The Labute approximate surface area is 212 Å². The molecule has 1 heterocycles. The van der Waals surface area contributed by atoms with Gasteiger partial charge in [0.25, 0.3) is 5.91 Å². The summed E-state index contributed by atoms with van der Waals surface area (Å²) in [5.41, 5.74) is 1.78. The molecular weight excluding hydrogens is 480 g/mol. The predicted molar refractivity (Wildman–Crippen MR) is 137 cm³/mol. The Bertz CT molecular complexity index is 1370. The molecule has 0 radical (unpaired) electrons. The molecule has 0 aliphatic carbocycles. The van der Waals surface area contributed by atoms with Crippen molar-refractivity contribution in [2.24, 2.45) is 0 Å². The summed E-state index contributed by atoms with van der Waals surface area (Å²) in [6, 6.07) is 25.4. The standard InChI is InChI=1S/C27H23ClN4O4/c28-21-14-8-7-13-20(21)22(16-26(34)35)30-27(36)23-15-25(32(31-23)19-11-5-2-6-12-19)29-17-24(33)18-9-3-1-4-10-18/h1-15,22,29H,16-17H2,(H,30,36)(H,34,35)/t22-/m0/s1. The molecule has 0 unspecified atom stereocenters. The molecule has 0 spiro atoms. The summed E-state index contributed by atoms with van der Waals surface area (Å²) in [5, 5.41) is 20.0. The third-order valence-corrected chi connectivity index (χ3v) is 5.78. The Morgan fingerprint density at radius 3 is 2.22 bits per heavy atom. The van der Waals surface area contributed by atoms with Crippen molar-refractivity contribution in [2.45, 2.75) is 12.5 Å². The minimum absolute atomic E-state index is 0.00907. The fraction of sp³-hybridized carbons (Fsp3) is 0.111. The van der Waals surface area contributed by atoms with Crippen molar-refractivity contribution in [2.75, 3.05) is 11.9 Å². The summed E-state index contributed by atoms with van der Waals surface area (Å²) in [6.45, 7) is -0.00907. The van der Waals surface area contributed by atoms with Crippen LogP contribution in [0.4, 0.5) is 5.82 Å². The number of para-hydroxylation sites is 1. The zero-order chi connectivity index (χ0) is 25.5. The van der Waals surface area contributed by atoms with Gasteiger partial charge in [-0.05, 0) is 23.8 Å². The van der Waals surface area contributed by atoms with Crippen LogP contribution in [-0.4, -0.2) is 39.1 Å². The van der Waals surface area contributed by atoms with Crippen molar-refractivity contribution in [1.29, 1.82) is 0 Å². The van der Waals surface area contributed by atoms with Crippen molar-refractivity contribution in [3.63, 3.8) is 0 Å². The molecule has 1 amide bonds. The van der Waals surface area contributed by atoms with Gasteiger partial charge >= 0.3 is 5.97 Å². The van der Waals surface area contributed by atoms with Gasteiger partial charge in [-0.3, -0.25) is 14.4 Å². The molecule has 0 bridgehead atoms. The number of ketones is 1. The van der Waals surface area contributed by atoms with E-state index in [4.69, 9.17) is 11.6 Å². The van der Waals surface area contributed by atoms with Crippen LogP contribution in [0.2, 0.25) is 5.02 Å². The number of nitrogens with zero attached hydrogens (tertiary/aromatic N) is 2. The zero-order valence-electron chi connectivity index (χ0n) is 19.1. The molecule has 0 fully saturated rings. The maximum absolute atomic E-state index is 13.2. The number of carboxylic acids is 1. The number of nitrogens with one attached hydrogen (secondary N) is 2.